The fourth-order valence-electron chi connectivity index (χ4n) is 5.62. The molecular weight excluding hydrogens is 502 g/mol. The van der Waals surface area contributed by atoms with Gasteiger partial charge in [-0.15, -0.1) is 11.3 Å². The molecule has 0 aromatic carbocycles. The average Bonchev–Trinajstić information content (AvgIpc) is 3.71. The SMILES string of the molecule is C=C(Nc1cncc(-c2cnc3n[nH]c(-c4cc5c(-c6ccc(C)s6)ccnc5[nH]4)c3c2)c1)C1CCCCC1. The second kappa shape index (κ2) is 9.78. The van der Waals surface area contributed by atoms with Crippen LogP contribution in [0.1, 0.15) is 37.0 Å². The third-order valence-corrected chi connectivity index (χ3v) is 8.73. The number of anilines is 1. The van der Waals surface area contributed by atoms with Gasteiger partial charge in [0.25, 0.3) is 0 Å². The summed E-state index contributed by atoms with van der Waals surface area (Å²) >= 11 is 1.79. The molecule has 0 spiro atoms. The minimum atomic E-state index is 0.532. The number of fused-ring (bicyclic) bond motifs is 2. The van der Waals surface area contributed by atoms with Gasteiger partial charge in [0.1, 0.15) is 5.65 Å². The molecule has 39 heavy (non-hydrogen) atoms. The molecular formula is C31H29N7S. The first-order chi connectivity index (χ1) is 19.1. The third-order valence-electron chi connectivity index (χ3n) is 7.69. The summed E-state index contributed by atoms with van der Waals surface area (Å²) in [5, 5.41) is 13.2. The van der Waals surface area contributed by atoms with Crippen LogP contribution in [0, 0.1) is 12.8 Å². The summed E-state index contributed by atoms with van der Waals surface area (Å²) in [5.41, 5.74) is 8.52. The van der Waals surface area contributed by atoms with Crippen LogP contribution in [0.5, 0.6) is 0 Å². The largest absolute Gasteiger partial charge is 0.358 e. The van der Waals surface area contributed by atoms with Gasteiger partial charge in [0.2, 0.25) is 0 Å². The van der Waals surface area contributed by atoms with E-state index in [4.69, 9.17) is 0 Å². The summed E-state index contributed by atoms with van der Waals surface area (Å²) in [6.45, 7) is 6.46. The smallest absolute Gasteiger partial charge is 0.181 e. The van der Waals surface area contributed by atoms with Crippen LogP contribution in [-0.4, -0.2) is 30.1 Å². The van der Waals surface area contributed by atoms with Crippen molar-refractivity contribution in [3.63, 3.8) is 0 Å². The van der Waals surface area contributed by atoms with Crippen molar-refractivity contribution in [1.29, 1.82) is 0 Å². The molecule has 3 N–H and O–H groups in total. The summed E-state index contributed by atoms with van der Waals surface area (Å²) in [4.78, 5) is 19.8. The van der Waals surface area contributed by atoms with Gasteiger partial charge in [-0.2, -0.15) is 5.10 Å². The molecule has 0 unspecified atom stereocenters. The van der Waals surface area contributed by atoms with E-state index < -0.39 is 0 Å². The van der Waals surface area contributed by atoms with Crippen molar-refractivity contribution >= 4 is 39.1 Å². The van der Waals surface area contributed by atoms with E-state index in [1.165, 1.54) is 47.4 Å². The molecule has 7 rings (SSSR count). The van der Waals surface area contributed by atoms with E-state index in [0.717, 1.165) is 50.3 Å². The van der Waals surface area contributed by atoms with Gasteiger partial charge in [0.15, 0.2) is 5.65 Å². The monoisotopic (exact) mass is 531 g/mol. The van der Waals surface area contributed by atoms with E-state index in [1.54, 1.807) is 11.3 Å². The van der Waals surface area contributed by atoms with Gasteiger partial charge in [-0.25, -0.2) is 9.97 Å². The Kier molecular flexibility index (Phi) is 5.97. The normalized spacial score (nSPS) is 14.3. The molecule has 6 heterocycles. The second-order valence-corrected chi connectivity index (χ2v) is 11.6. The van der Waals surface area contributed by atoms with Crippen LogP contribution in [0.4, 0.5) is 5.69 Å². The van der Waals surface area contributed by atoms with Crippen LogP contribution in [-0.2, 0) is 0 Å². The number of allylic oxidation sites excluding steroid dienone is 1. The average molecular weight is 532 g/mol. The lowest BCUT2D eigenvalue weighted by Gasteiger charge is -2.24. The fourth-order valence-corrected chi connectivity index (χ4v) is 6.53. The van der Waals surface area contributed by atoms with E-state index >= 15 is 0 Å². The maximum Gasteiger partial charge on any atom is 0.181 e. The third kappa shape index (κ3) is 4.51. The molecule has 1 aliphatic rings. The lowest BCUT2D eigenvalue weighted by molar-refractivity contribution is 0.405. The van der Waals surface area contributed by atoms with Crippen molar-refractivity contribution in [3.8, 4) is 33.0 Å². The van der Waals surface area contributed by atoms with Gasteiger partial charge in [-0.05, 0) is 62.1 Å². The first kappa shape index (κ1) is 23.8. The van der Waals surface area contributed by atoms with Crippen LogP contribution in [0.25, 0.3) is 55.0 Å². The Morgan fingerprint density at radius 1 is 0.974 bits per heavy atom. The van der Waals surface area contributed by atoms with Crippen LogP contribution in [0.3, 0.4) is 0 Å². The Bertz CT molecular complexity index is 1820. The van der Waals surface area contributed by atoms with Gasteiger partial charge in [-0.3, -0.25) is 10.1 Å². The molecule has 0 radical (unpaired) electrons. The molecule has 8 heteroatoms. The van der Waals surface area contributed by atoms with Crippen LogP contribution in [0.15, 0.2) is 73.5 Å². The minimum Gasteiger partial charge on any atom is -0.358 e. The Morgan fingerprint density at radius 3 is 2.69 bits per heavy atom. The molecule has 0 atom stereocenters. The zero-order valence-electron chi connectivity index (χ0n) is 21.8. The van der Waals surface area contributed by atoms with E-state index in [-0.39, 0.29) is 0 Å². The van der Waals surface area contributed by atoms with Crippen molar-refractivity contribution in [2.45, 2.75) is 39.0 Å². The Balaban J connectivity index is 1.22. The highest BCUT2D eigenvalue weighted by atomic mass is 32.1. The molecule has 0 bridgehead atoms. The number of pyridine rings is 3. The van der Waals surface area contributed by atoms with Gasteiger partial charge < -0.3 is 10.3 Å². The molecule has 0 amide bonds. The van der Waals surface area contributed by atoms with Gasteiger partial charge >= 0.3 is 0 Å². The number of hydrogen-bond acceptors (Lipinski definition) is 6. The fraction of sp³-hybridized carbons (Fsp3) is 0.226. The Labute approximate surface area is 230 Å². The summed E-state index contributed by atoms with van der Waals surface area (Å²) in [7, 11) is 0. The quantitative estimate of drug-likeness (QED) is 0.202. The molecule has 0 saturated heterocycles. The standard InChI is InChI=1S/C31H29N7S/c1-18-8-9-28(39-18)24-10-11-33-30-25(24)14-27(36-30)29-26-13-22(16-34-31(26)38-37-29)21-12-23(17-32-15-21)35-19(2)20-6-4-3-5-7-20/h8-17,20,35H,2-7H2,1H3,(H,33,36)(H,34,37,38). The maximum absolute atomic E-state index is 4.65. The number of hydrogen-bond donors (Lipinski definition) is 3. The highest BCUT2D eigenvalue weighted by Gasteiger charge is 2.18. The van der Waals surface area contributed by atoms with Crippen molar-refractivity contribution in [2.75, 3.05) is 5.32 Å². The van der Waals surface area contributed by atoms with E-state index in [0.29, 0.717) is 11.6 Å². The second-order valence-electron chi connectivity index (χ2n) is 10.4. The summed E-state index contributed by atoms with van der Waals surface area (Å²) in [6, 6.07) is 12.8. The van der Waals surface area contributed by atoms with Crippen LogP contribution >= 0.6 is 11.3 Å². The number of aromatic amines is 2. The first-order valence-electron chi connectivity index (χ1n) is 13.4. The highest BCUT2D eigenvalue weighted by molar-refractivity contribution is 7.15. The molecule has 194 valence electrons. The predicted molar refractivity (Wildman–Crippen MR) is 160 cm³/mol. The molecule has 0 aliphatic heterocycles. The van der Waals surface area contributed by atoms with E-state index in [2.05, 4.69) is 85.4 Å². The van der Waals surface area contributed by atoms with Gasteiger partial charge in [-0.1, -0.05) is 25.8 Å². The molecule has 6 aromatic rings. The van der Waals surface area contributed by atoms with Crippen molar-refractivity contribution in [1.82, 2.24) is 30.1 Å². The number of aryl methyl sites for hydroxylation is 1. The number of nitrogens with one attached hydrogen (secondary N) is 3. The first-order valence-corrected chi connectivity index (χ1v) is 14.2. The number of aromatic nitrogens is 6. The minimum absolute atomic E-state index is 0.532. The van der Waals surface area contributed by atoms with Crippen LogP contribution in [0.2, 0.25) is 0 Å². The van der Waals surface area contributed by atoms with E-state index in [1.807, 2.05) is 24.8 Å². The maximum atomic E-state index is 4.65. The zero-order chi connectivity index (χ0) is 26.3. The summed E-state index contributed by atoms with van der Waals surface area (Å²) in [6.07, 6.45) is 13.8. The molecule has 7 nitrogen and oxygen atoms in total. The number of H-pyrrole nitrogens is 2. The predicted octanol–water partition coefficient (Wildman–Crippen LogP) is 8.11. The molecule has 1 aliphatic carbocycles. The summed E-state index contributed by atoms with van der Waals surface area (Å²) in [5.74, 6) is 0.532. The molecule has 1 fully saturated rings. The zero-order valence-corrected chi connectivity index (χ0v) is 22.6. The van der Waals surface area contributed by atoms with Crippen molar-refractivity contribution in [2.24, 2.45) is 5.92 Å². The lowest BCUT2D eigenvalue weighted by Crippen LogP contribution is -2.14. The highest BCUT2D eigenvalue weighted by Crippen LogP contribution is 2.36. The Hall–Kier alpha value is -4.30. The number of rotatable bonds is 6. The topological polar surface area (TPSA) is 95.2 Å². The van der Waals surface area contributed by atoms with E-state index in [9.17, 15) is 0 Å². The molecule has 6 aromatic heterocycles. The van der Waals surface area contributed by atoms with Gasteiger partial charge in [0, 0.05) is 61.5 Å². The molecule has 1 saturated carbocycles. The van der Waals surface area contributed by atoms with Crippen molar-refractivity contribution < 1.29 is 0 Å². The number of thiophene rings is 1. The lowest BCUT2D eigenvalue weighted by atomic mass is 9.87. The Morgan fingerprint density at radius 2 is 1.85 bits per heavy atom. The van der Waals surface area contributed by atoms with Gasteiger partial charge in [0.05, 0.1) is 23.3 Å². The summed E-state index contributed by atoms with van der Waals surface area (Å²) < 4.78 is 0. The number of nitrogens with zero attached hydrogens (tertiary/aromatic N) is 4. The van der Waals surface area contributed by atoms with Crippen molar-refractivity contribution in [3.05, 3.63) is 78.3 Å². The van der Waals surface area contributed by atoms with Crippen LogP contribution < -0.4 is 5.32 Å².